The van der Waals surface area contributed by atoms with E-state index in [1.165, 1.54) is 12.1 Å². The summed E-state index contributed by atoms with van der Waals surface area (Å²) in [6.07, 6.45) is -1.09. The van der Waals surface area contributed by atoms with Crippen molar-refractivity contribution in [2.45, 2.75) is 37.5 Å². The lowest BCUT2D eigenvalue weighted by atomic mass is 9.83. The molecule has 2 N–H and O–H groups in total. The van der Waals surface area contributed by atoms with E-state index in [4.69, 9.17) is 4.74 Å². The van der Waals surface area contributed by atoms with Crippen molar-refractivity contribution >= 4 is 22.0 Å². The molecule has 3 rings (SSSR count). The minimum atomic E-state index is -1.11. The first-order chi connectivity index (χ1) is 13.3. The number of amides is 1. The predicted molar refractivity (Wildman–Crippen MR) is 106 cm³/mol. The van der Waals surface area contributed by atoms with Crippen LogP contribution < -0.4 is 0 Å². The molecule has 2 aromatic rings. The lowest BCUT2D eigenvalue weighted by Gasteiger charge is -2.44. The number of aliphatic hydroxyl groups is 2. The van der Waals surface area contributed by atoms with Crippen molar-refractivity contribution in [3.8, 4) is 0 Å². The summed E-state index contributed by atoms with van der Waals surface area (Å²) in [7, 11) is 0. The Morgan fingerprint density at radius 2 is 1.86 bits per heavy atom. The van der Waals surface area contributed by atoms with Crippen LogP contribution in [0.15, 0.2) is 53.0 Å². The van der Waals surface area contributed by atoms with Gasteiger partial charge in [-0.05, 0) is 42.3 Å². The van der Waals surface area contributed by atoms with Crippen LogP contribution in [-0.4, -0.2) is 40.5 Å². The highest BCUT2D eigenvalue weighted by Gasteiger charge is 2.44. The number of aliphatic hydroxyl groups excluding tert-OH is 2. The zero-order valence-corrected chi connectivity index (χ0v) is 17.1. The standard InChI is InChI=1S/C21H23BrFNO4/c1-14(15-2-6-17(22)7-3-15)24-11-10-21(28-20(24)27,12-19(26)13-25)16-4-8-18(23)9-5-16/h2-9,14,19,25-26H,10-13H2,1H3/t14-,19?,21-/m0/s1. The Bertz CT molecular complexity index is 814. The average Bonchev–Trinajstić information content (AvgIpc) is 2.68. The van der Waals surface area contributed by atoms with Crippen molar-refractivity contribution in [2.24, 2.45) is 0 Å². The SMILES string of the molecule is C[C@@H](c1ccc(Br)cc1)N1CC[C@](CC(O)CO)(c2ccc(F)cc2)OC1=O. The van der Waals surface area contributed by atoms with Crippen LogP contribution in [0.4, 0.5) is 9.18 Å². The molecule has 1 heterocycles. The van der Waals surface area contributed by atoms with Gasteiger partial charge in [-0.1, -0.05) is 40.2 Å². The molecule has 0 bridgehead atoms. The molecule has 28 heavy (non-hydrogen) atoms. The molecule has 1 aliphatic heterocycles. The first-order valence-corrected chi connectivity index (χ1v) is 9.94. The van der Waals surface area contributed by atoms with Crippen molar-refractivity contribution < 1.29 is 24.1 Å². The van der Waals surface area contributed by atoms with Gasteiger partial charge in [0.2, 0.25) is 0 Å². The molecule has 0 radical (unpaired) electrons. The Morgan fingerprint density at radius 1 is 1.21 bits per heavy atom. The molecule has 7 heteroatoms. The summed E-state index contributed by atoms with van der Waals surface area (Å²) < 4.78 is 20.2. The summed E-state index contributed by atoms with van der Waals surface area (Å²) in [5, 5.41) is 19.3. The van der Waals surface area contributed by atoms with E-state index in [0.717, 1.165) is 10.0 Å². The van der Waals surface area contributed by atoms with Crippen LogP contribution in [0.1, 0.15) is 36.9 Å². The molecule has 5 nitrogen and oxygen atoms in total. The second kappa shape index (κ2) is 8.59. The molecule has 3 atom stereocenters. The Hall–Kier alpha value is -1.96. The second-order valence-electron chi connectivity index (χ2n) is 7.08. The lowest BCUT2D eigenvalue weighted by Crippen LogP contribution is -2.50. The van der Waals surface area contributed by atoms with Gasteiger partial charge in [0.1, 0.15) is 11.4 Å². The molecule has 2 aromatic carbocycles. The fraction of sp³-hybridized carbons (Fsp3) is 0.381. The first-order valence-electron chi connectivity index (χ1n) is 9.15. The number of carbonyl (C=O) groups excluding carboxylic acids is 1. The highest BCUT2D eigenvalue weighted by molar-refractivity contribution is 9.10. The van der Waals surface area contributed by atoms with E-state index in [-0.39, 0.29) is 12.5 Å². The second-order valence-corrected chi connectivity index (χ2v) is 8.00. The van der Waals surface area contributed by atoms with Gasteiger partial charge in [-0.15, -0.1) is 0 Å². The number of hydrogen-bond donors (Lipinski definition) is 2. The topological polar surface area (TPSA) is 70.0 Å². The van der Waals surface area contributed by atoms with Gasteiger partial charge >= 0.3 is 6.09 Å². The third-order valence-electron chi connectivity index (χ3n) is 5.24. The number of carbonyl (C=O) groups is 1. The Morgan fingerprint density at radius 3 is 2.43 bits per heavy atom. The number of rotatable bonds is 6. The van der Waals surface area contributed by atoms with E-state index in [1.54, 1.807) is 17.0 Å². The number of ether oxygens (including phenoxy) is 1. The zero-order valence-electron chi connectivity index (χ0n) is 15.5. The Balaban J connectivity index is 1.84. The monoisotopic (exact) mass is 451 g/mol. The van der Waals surface area contributed by atoms with Gasteiger partial charge in [-0.3, -0.25) is 0 Å². The van der Waals surface area contributed by atoms with E-state index in [0.29, 0.717) is 18.5 Å². The van der Waals surface area contributed by atoms with Gasteiger partial charge in [0, 0.05) is 23.9 Å². The number of cyclic esters (lactones) is 1. The lowest BCUT2D eigenvalue weighted by molar-refractivity contribution is -0.0892. The molecule has 1 fully saturated rings. The number of halogens is 2. The number of hydrogen-bond acceptors (Lipinski definition) is 4. The van der Waals surface area contributed by atoms with Crippen molar-refractivity contribution in [1.29, 1.82) is 0 Å². The maximum atomic E-state index is 13.4. The van der Waals surface area contributed by atoms with Crippen LogP contribution in [0.5, 0.6) is 0 Å². The van der Waals surface area contributed by atoms with Gasteiger partial charge in [0.05, 0.1) is 18.8 Å². The summed E-state index contributed by atoms with van der Waals surface area (Å²) in [4.78, 5) is 14.5. The van der Waals surface area contributed by atoms with Crippen molar-refractivity contribution in [3.05, 3.63) is 69.9 Å². The van der Waals surface area contributed by atoms with Crippen LogP contribution in [0.25, 0.3) is 0 Å². The molecule has 0 aliphatic carbocycles. The summed E-state index contributed by atoms with van der Waals surface area (Å²) >= 11 is 3.40. The summed E-state index contributed by atoms with van der Waals surface area (Å²) in [5.74, 6) is -0.394. The fourth-order valence-corrected chi connectivity index (χ4v) is 3.87. The molecular weight excluding hydrogens is 429 g/mol. The van der Waals surface area contributed by atoms with Crippen LogP contribution in [0, 0.1) is 5.82 Å². The minimum Gasteiger partial charge on any atom is -0.438 e. The summed E-state index contributed by atoms with van der Waals surface area (Å²) in [5.41, 5.74) is 0.471. The maximum Gasteiger partial charge on any atom is 0.411 e. The van der Waals surface area contributed by atoms with Crippen LogP contribution in [0.3, 0.4) is 0 Å². The van der Waals surface area contributed by atoms with E-state index < -0.39 is 30.2 Å². The quantitative estimate of drug-likeness (QED) is 0.692. The molecule has 1 aliphatic rings. The van der Waals surface area contributed by atoms with E-state index in [1.807, 2.05) is 31.2 Å². The predicted octanol–water partition coefficient (Wildman–Crippen LogP) is 4.13. The first kappa shape index (κ1) is 20.8. The highest BCUT2D eigenvalue weighted by Crippen LogP contribution is 2.40. The number of benzene rings is 2. The van der Waals surface area contributed by atoms with Crippen LogP contribution in [-0.2, 0) is 10.3 Å². The molecule has 150 valence electrons. The summed E-state index contributed by atoms with van der Waals surface area (Å²) in [6.45, 7) is 1.89. The van der Waals surface area contributed by atoms with Crippen molar-refractivity contribution in [3.63, 3.8) is 0 Å². The zero-order chi connectivity index (χ0) is 20.3. The van der Waals surface area contributed by atoms with E-state index in [9.17, 15) is 19.4 Å². The van der Waals surface area contributed by atoms with Gasteiger partial charge in [-0.2, -0.15) is 0 Å². The molecule has 0 aromatic heterocycles. The molecule has 0 spiro atoms. The fourth-order valence-electron chi connectivity index (χ4n) is 3.61. The molecule has 1 unspecified atom stereocenters. The van der Waals surface area contributed by atoms with Gasteiger partial charge in [-0.25, -0.2) is 9.18 Å². The summed E-state index contributed by atoms with van der Waals surface area (Å²) in [6, 6.07) is 13.2. The van der Waals surface area contributed by atoms with E-state index >= 15 is 0 Å². The normalized spacial score (nSPS) is 21.9. The maximum absolute atomic E-state index is 13.4. The smallest absolute Gasteiger partial charge is 0.411 e. The Kier molecular flexibility index (Phi) is 6.37. The van der Waals surface area contributed by atoms with Gasteiger partial charge in [0.25, 0.3) is 0 Å². The van der Waals surface area contributed by atoms with Crippen LogP contribution >= 0.6 is 15.9 Å². The molecular formula is C21H23BrFNO4. The minimum absolute atomic E-state index is 0.0430. The average molecular weight is 452 g/mol. The third kappa shape index (κ3) is 4.37. The number of nitrogens with zero attached hydrogens (tertiary/aromatic N) is 1. The van der Waals surface area contributed by atoms with Gasteiger partial charge < -0.3 is 19.8 Å². The van der Waals surface area contributed by atoms with Crippen molar-refractivity contribution in [2.75, 3.05) is 13.2 Å². The van der Waals surface area contributed by atoms with Gasteiger partial charge in [0.15, 0.2) is 0 Å². The van der Waals surface area contributed by atoms with Crippen LogP contribution in [0.2, 0.25) is 0 Å². The molecule has 0 saturated carbocycles. The van der Waals surface area contributed by atoms with E-state index in [2.05, 4.69) is 15.9 Å². The largest absolute Gasteiger partial charge is 0.438 e. The molecule has 1 saturated heterocycles. The Labute approximate surface area is 171 Å². The highest BCUT2D eigenvalue weighted by atomic mass is 79.9. The molecule has 1 amide bonds. The van der Waals surface area contributed by atoms with Crippen molar-refractivity contribution in [1.82, 2.24) is 4.90 Å². The third-order valence-corrected chi connectivity index (χ3v) is 5.77.